The molecule has 9 heteroatoms. The number of ether oxygens (including phenoxy) is 2. The number of hydrogen-bond acceptors (Lipinski definition) is 8. The number of benzene rings is 1. The zero-order valence-corrected chi connectivity index (χ0v) is 20.9. The topological polar surface area (TPSA) is 92.5 Å². The van der Waals surface area contributed by atoms with Crippen LogP contribution in [0.25, 0.3) is 44.5 Å². The molecule has 0 bridgehead atoms. The third kappa shape index (κ3) is 4.13. The van der Waals surface area contributed by atoms with Crippen molar-refractivity contribution in [3.63, 3.8) is 0 Å². The van der Waals surface area contributed by atoms with Gasteiger partial charge in [0.05, 0.1) is 24.7 Å². The van der Waals surface area contributed by atoms with E-state index in [2.05, 4.69) is 39.0 Å². The Labute approximate surface area is 214 Å². The number of morpholine rings is 1. The number of aromatic amines is 1. The molecule has 6 heterocycles. The highest BCUT2D eigenvalue weighted by molar-refractivity contribution is 6.06. The van der Waals surface area contributed by atoms with Crippen LogP contribution in [0.15, 0.2) is 47.1 Å². The molecule has 37 heavy (non-hydrogen) atoms. The molecule has 5 aromatic rings. The number of piperidine rings is 1. The standard InChI is InChI=1S/C28H30N6O3/c1-35-19-4-3-9-33(17-19)16-18-14-22-24-25(37-28(22)30-15-18)27(34-10-12-36-13-11-34)32-26(31-24)21-5-2-6-23-20(21)7-8-29-23/h2,5-8,14-15,19,29H,3-4,9-13,16-17H2,1H3. The van der Waals surface area contributed by atoms with Crippen LogP contribution in [0.5, 0.6) is 0 Å². The summed E-state index contributed by atoms with van der Waals surface area (Å²) in [4.78, 5) is 22.8. The summed E-state index contributed by atoms with van der Waals surface area (Å²) in [6, 6.07) is 10.4. The van der Waals surface area contributed by atoms with Crippen molar-refractivity contribution in [2.75, 3.05) is 51.4 Å². The number of likely N-dealkylation sites (tertiary alicyclic amines) is 1. The summed E-state index contributed by atoms with van der Waals surface area (Å²) in [6.07, 6.45) is 6.43. The highest BCUT2D eigenvalue weighted by Crippen LogP contribution is 2.36. The lowest BCUT2D eigenvalue weighted by molar-refractivity contribution is 0.0285. The first-order valence-corrected chi connectivity index (χ1v) is 13.0. The first kappa shape index (κ1) is 22.7. The van der Waals surface area contributed by atoms with E-state index in [9.17, 15) is 0 Å². The molecule has 0 radical (unpaired) electrons. The van der Waals surface area contributed by atoms with Gasteiger partial charge in [0, 0.05) is 62.1 Å². The molecule has 190 valence electrons. The predicted molar refractivity (Wildman–Crippen MR) is 143 cm³/mol. The van der Waals surface area contributed by atoms with E-state index in [0.29, 0.717) is 36.4 Å². The Balaban J connectivity index is 1.36. The summed E-state index contributed by atoms with van der Waals surface area (Å²) in [7, 11) is 1.80. The molecule has 1 aromatic carbocycles. The van der Waals surface area contributed by atoms with Crippen molar-refractivity contribution >= 4 is 38.9 Å². The number of aromatic nitrogens is 4. The first-order chi connectivity index (χ1) is 18.3. The van der Waals surface area contributed by atoms with E-state index in [0.717, 1.165) is 84.3 Å². The zero-order chi connectivity index (χ0) is 24.8. The number of methoxy groups -OCH3 is 1. The monoisotopic (exact) mass is 498 g/mol. The molecule has 1 atom stereocenters. The minimum absolute atomic E-state index is 0.294. The van der Waals surface area contributed by atoms with Crippen molar-refractivity contribution in [2.45, 2.75) is 25.5 Å². The van der Waals surface area contributed by atoms with Gasteiger partial charge in [0.15, 0.2) is 17.2 Å². The largest absolute Gasteiger partial charge is 0.432 e. The van der Waals surface area contributed by atoms with Crippen LogP contribution in [0.3, 0.4) is 0 Å². The molecule has 0 amide bonds. The second kappa shape index (κ2) is 9.41. The fourth-order valence-electron chi connectivity index (χ4n) is 5.64. The van der Waals surface area contributed by atoms with Gasteiger partial charge in [0.25, 0.3) is 0 Å². The van der Waals surface area contributed by atoms with Crippen molar-refractivity contribution in [3.05, 3.63) is 48.3 Å². The van der Waals surface area contributed by atoms with Crippen LogP contribution in [0, 0.1) is 0 Å². The van der Waals surface area contributed by atoms with Gasteiger partial charge in [-0.05, 0) is 43.1 Å². The lowest BCUT2D eigenvalue weighted by Gasteiger charge is -2.31. The molecular weight excluding hydrogens is 468 g/mol. The van der Waals surface area contributed by atoms with Crippen molar-refractivity contribution in [1.82, 2.24) is 24.8 Å². The van der Waals surface area contributed by atoms with Crippen LogP contribution in [-0.2, 0) is 16.0 Å². The Morgan fingerprint density at radius 1 is 1.11 bits per heavy atom. The van der Waals surface area contributed by atoms with Crippen molar-refractivity contribution < 1.29 is 13.9 Å². The van der Waals surface area contributed by atoms with Gasteiger partial charge >= 0.3 is 0 Å². The second-order valence-electron chi connectivity index (χ2n) is 9.93. The number of nitrogens with one attached hydrogen (secondary N) is 1. The lowest BCUT2D eigenvalue weighted by atomic mass is 10.1. The maximum Gasteiger partial charge on any atom is 0.229 e. The normalized spacial score (nSPS) is 19.4. The van der Waals surface area contributed by atoms with Crippen LogP contribution in [0.4, 0.5) is 5.82 Å². The van der Waals surface area contributed by atoms with E-state index in [4.69, 9.17) is 28.8 Å². The van der Waals surface area contributed by atoms with Gasteiger partial charge in [-0.15, -0.1) is 0 Å². The van der Waals surface area contributed by atoms with Crippen molar-refractivity contribution in [1.29, 1.82) is 0 Å². The van der Waals surface area contributed by atoms with Gasteiger partial charge in [-0.25, -0.2) is 15.0 Å². The van der Waals surface area contributed by atoms with Gasteiger partial charge < -0.3 is 23.8 Å². The summed E-state index contributed by atoms with van der Waals surface area (Å²) in [5.41, 5.74) is 5.28. The molecule has 1 N–H and O–H groups in total. The van der Waals surface area contributed by atoms with Gasteiger partial charge in [-0.1, -0.05) is 12.1 Å². The summed E-state index contributed by atoms with van der Waals surface area (Å²) < 4.78 is 17.6. The SMILES string of the molecule is COC1CCCN(Cc2cnc3oc4c(N5CCOCC5)nc(-c5cccc6[nH]ccc56)nc4c3c2)C1. The van der Waals surface area contributed by atoms with E-state index < -0.39 is 0 Å². The number of H-pyrrole nitrogens is 1. The lowest BCUT2D eigenvalue weighted by Crippen LogP contribution is -2.38. The average molecular weight is 499 g/mol. The third-order valence-electron chi connectivity index (χ3n) is 7.56. The number of anilines is 1. The molecular formula is C28H30N6O3. The summed E-state index contributed by atoms with van der Waals surface area (Å²) in [5.74, 6) is 1.49. The Morgan fingerprint density at radius 3 is 2.92 bits per heavy atom. The van der Waals surface area contributed by atoms with Gasteiger partial charge in [0.2, 0.25) is 5.71 Å². The Bertz CT molecular complexity index is 1570. The molecule has 0 spiro atoms. The van der Waals surface area contributed by atoms with Crippen LogP contribution in [0.1, 0.15) is 18.4 Å². The quantitative estimate of drug-likeness (QED) is 0.382. The van der Waals surface area contributed by atoms with Gasteiger partial charge in [-0.2, -0.15) is 0 Å². The smallest absolute Gasteiger partial charge is 0.229 e. The Hall–Kier alpha value is -3.53. The maximum absolute atomic E-state index is 6.32. The highest BCUT2D eigenvalue weighted by Gasteiger charge is 2.25. The molecule has 9 nitrogen and oxygen atoms in total. The summed E-state index contributed by atoms with van der Waals surface area (Å²) in [6.45, 7) is 5.67. The number of rotatable bonds is 5. The van der Waals surface area contributed by atoms with E-state index in [1.165, 1.54) is 0 Å². The minimum atomic E-state index is 0.294. The Morgan fingerprint density at radius 2 is 2.03 bits per heavy atom. The van der Waals surface area contributed by atoms with E-state index >= 15 is 0 Å². The maximum atomic E-state index is 6.32. The molecule has 4 aromatic heterocycles. The van der Waals surface area contributed by atoms with Crippen LogP contribution >= 0.6 is 0 Å². The zero-order valence-electron chi connectivity index (χ0n) is 20.9. The molecule has 2 aliphatic rings. The van der Waals surface area contributed by atoms with Gasteiger partial charge in [-0.3, -0.25) is 4.90 Å². The Kier molecular flexibility index (Phi) is 5.76. The van der Waals surface area contributed by atoms with Crippen LogP contribution in [0.2, 0.25) is 0 Å². The third-order valence-corrected chi connectivity index (χ3v) is 7.56. The number of furan rings is 1. The van der Waals surface area contributed by atoms with E-state index in [1.54, 1.807) is 7.11 Å². The van der Waals surface area contributed by atoms with Crippen LogP contribution in [-0.4, -0.2) is 77.4 Å². The molecule has 0 saturated carbocycles. The van der Waals surface area contributed by atoms with Crippen molar-refractivity contribution in [3.8, 4) is 11.4 Å². The molecule has 0 aliphatic carbocycles. The molecule has 2 fully saturated rings. The number of hydrogen-bond donors (Lipinski definition) is 1. The predicted octanol–water partition coefficient (Wildman–Crippen LogP) is 4.37. The fraction of sp³-hybridized carbons (Fsp3) is 0.393. The van der Waals surface area contributed by atoms with Crippen molar-refractivity contribution in [2.24, 2.45) is 0 Å². The fourth-order valence-corrected chi connectivity index (χ4v) is 5.64. The second-order valence-corrected chi connectivity index (χ2v) is 9.93. The number of nitrogens with zero attached hydrogens (tertiary/aromatic N) is 5. The summed E-state index contributed by atoms with van der Waals surface area (Å²) in [5, 5.41) is 2.02. The molecule has 7 rings (SSSR count). The van der Waals surface area contributed by atoms with Crippen LogP contribution < -0.4 is 4.90 Å². The number of pyridine rings is 1. The van der Waals surface area contributed by atoms with E-state index in [-0.39, 0.29) is 0 Å². The molecule has 1 unspecified atom stereocenters. The molecule has 2 aliphatic heterocycles. The number of fused-ring (bicyclic) bond motifs is 4. The van der Waals surface area contributed by atoms with Gasteiger partial charge in [0.1, 0.15) is 5.52 Å². The first-order valence-electron chi connectivity index (χ1n) is 13.0. The van der Waals surface area contributed by atoms with E-state index in [1.807, 2.05) is 18.5 Å². The molecule has 2 saturated heterocycles. The average Bonchev–Trinajstić information content (AvgIpc) is 3.58. The minimum Gasteiger partial charge on any atom is -0.432 e. The highest BCUT2D eigenvalue weighted by atomic mass is 16.5. The summed E-state index contributed by atoms with van der Waals surface area (Å²) >= 11 is 0.